The van der Waals surface area contributed by atoms with Crippen LogP contribution in [0.4, 0.5) is 4.39 Å². The van der Waals surface area contributed by atoms with Gasteiger partial charge >= 0.3 is 5.97 Å². The van der Waals surface area contributed by atoms with Crippen LogP contribution in [0.2, 0.25) is 0 Å². The van der Waals surface area contributed by atoms with E-state index >= 15 is 0 Å². The van der Waals surface area contributed by atoms with Crippen molar-refractivity contribution in [3.8, 4) is 5.75 Å². The summed E-state index contributed by atoms with van der Waals surface area (Å²) >= 11 is 0. The van der Waals surface area contributed by atoms with E-state index in [9.17, 15) is 9.18 Å². The summed E-state index contributed by atoms with van der Waals surface area (Å²) < 4.78 is 23.8. The molecular formula is C16H15FO3. The van der Waals surface area contributed by atoms with E-state index in [1.165, 1.54) is 6.26 Å². The molecule has 0 saturated heterocycles. The molecule has 1 aromatic heterocycles. The molecule has 0 aliphatic rings. The second-order valence-corrected chi connectivity index (χ2v) is 4.63. The van der Waals surface area contributed by atoms with E-state index in [4.69, 9.17) is 9.15 Å². The highest BCUT2D eigenvalue weighted by atomic mass is 19.1. The molecule has 0 unspecified atom stereocenters. The number of esters is 1. The third-order valence-corrected chi connectivity index (χ3v) is 2.81. The summed E-state index contributed by atoms with van der Waals surface area (Å²) in [6.45, 7) is 5.58. The molecule has 0 N–H and O–H groups in total. The van der Waals surface area contributed by atoms with Crippen LogP contribution >= 0.6 is 0 Å². The Kier molecular flexibility index (Phi) is 4.03. The zero-order valence-electron chi connectivity index (χ0n) is 11.6. The largest absolute Gasteiger partial charge is 0.465 e. The fourth-order valence-corrected chi connectivity index (χ4v) is 2.03. The maximum atomic E-state index is 13.7. The van der Waals surface area contributed by atoms with Crippen molar-refractivity contribution >= 4 is 12.0 Å². The molecule has 104 valence electrons. The molecule has 3 nitrogen and oxygen atoms in total. The summed E-state index contributed by atoms with van der Waals surface area (Å²) in [5.74, 6) is -1.38. The first-order valence-electron chi connectivity index (χ1n) is 6.18. The quantitative estimate of drug-likeness (QED) is 0.480. The van der Waals surface area contributed by atoms with Crippen molar-refractivity contribution < 1.29 is 18.3 Å². The van der Waals surface area contributed by atoms with Gasteiger partial charge in [0.1, 0.15) is 11.5 Å². The Bertz CT molecular complexity index is 631. The number of aryl methyl sites for hydroxylation is 3. The van der Waals surface area contributed by atoms with Gasteiger partial charge in [-0.3, -0.25) is 0 Å². The Hall–Kier alpha value is -2.36. The maximum absolute atomic E-state index is 13.7. The van der Waals surface area contributed by atoms with Crippen LogP contribution in [0.3, 0.4) is 0 Å². The first-order valence-corrected chi connectivity index (χ1v) is 6.18. The van der Waals surface area contributed by atoms with Crippen molar-refractivity contribution in [2.45, 2.75) is 20.8 Å². The number of carbonyl (C=O) groups is 1. The molecule has 2 aromatic rings. The maximum Gasteiger partial charge on any atom is 0.372 e. The van der Waals surface area contributed by atoms with Crippen LogP contribution in [0.5, 0.6) is 5.75 Å². The van der Waals surface area contributed by atoms with E-state index in [0.717, 1.165) is 22.8 Å². The SMILES string of the molecule is Cc1cc(C)c(OC(=O)/C(F)=C/c2ccco2)c(C)c1. The van der Waals surface area contributed by atoms with Crippen LogP contribution in [0.15, 0.2) is 40.8 Å². The minimum Gasteiger partial charge on any atom is -0.465 e. The number of halogens is 1. The van der Waals surface area contributed by atoms with Crippen molar-refractivity contribution in [3.63, 3.8) is 0 Å². The molecule has 2 rings (SSSR count). The summed E-state index contributed by atoms with van der Waals surface area (Å²) in [6.07, 6.45) is 2.40. The second-order valence-electron chi connectivity index (χ2n) is 4.63. The average molecular weight is 274 g/mol. The number of hydrogen-bond acceptors (Lipinski definition) is 3. The van der Waals surface area contributed by atoms with Crippen LogP contribution in [0.25, 0.3) is 6.08 Å². The van der Waals surface area contributed by atoms with Crippen molar-refractivity contribution in [2.75, 3.05) is 0 Å². The Labute approximate surface area is 116 Å². The van der Waals surface area contributed by atoms with Gasteiger partial charge in [0.15, 0.2) is 0 Å². The molecular weight excluding hydrogens is 259 g/mol. The molecule has 0 atom stereocenters. The number of ether oxygens (including phenoxy) is 1. The molecule has 20 heavy (non-hydrogen) atoms. The highest BCUT2D eigenvalue weighted by Gasteiger charge is 2.15. The van der Waals surface area contributed by atoms with E-state index in [1.807, 2.05) is 32.9 Å². The minimum absolute atomic E-state index is 0.261. The highest BCUT2D eigenvalue weighted by molar-refractivity contribution is 5.92. The lowest BCUT2D eigenvalue weighted by molar-refractivity contribution is -0.131. The van der Waals surface area contributed by atoms with Crippen molar-refractivity contribution in [1.29, 1.82) is 0 Å². The third-order valence-electron chi connectivity index (χ3n) is 2.81. The van der Waals surface area contributed by atoms with E-state index in [2.05, 4.69) is 0 Å². The van der Waals surface area contributed by atoms with Gasteiger partial charge in [-0.2, -0.15) is 4.39 Å². The first kappa shape index (κ1) is 14.1. The molecule has 4 heteroatoms. The van der Waals surface area contributed by atoms with Gasteiger partial charge in [-0.25, -0.2) is 4.79 Å². The minimum atomic E-state index is -1.03. The van der Waals surface area contributed by atoms with Crippen LogP contribution < -0.4 is 4.74 Å². The van der Waals surface area contributed by atoms with E-state index < -0.39 is 11.8 Å². The number of rotatable bonds is 3. The molecule has 0 bridgehead atoms. The number of benzene rings is 1. The number of carbonyl (C=O) groups excluding carboxylic acids is 1. The predicted octanol–water partition coefficient (Wildman–Crippen LogP) is 4.12. The van der Waals surface area contributed by atoms with Crippen molar-refractivity contribution in [2.24, 2.45) is 0 Å². The van der Waals surface area contributed by atoms with Crippen LogP contribution in [0, 0.1) is 20.8 Å². The van der Waals surface area contributed by atoms with E-state index in [1.54, 1.807) is 12.1 Å². The highest BCUT2D eigenvalue weighted by Crippen LogP contribution is 2.25. The van der Waals surface area contributed by atoms with Crippen LogP contribution in [-0.2, 0) is 4.79 Å². The first-order chi connectivity index (χ1) is 9.47. The summed E-state index contributed by atoms with van der Waals surface area (Å²) in [5, 5.41) is 0. The van der Waals surface area contributed by atoms with Crippen LogP contribution in [0.1, 0.15) is 22.5 Å². The number of furan rings is 1. The summed E-state index contributed by atoms with van der Waals surface area (Å²) in [7, 11) is 0. The van der Waals surface area contributed by atoms with Gasteiger partial charge in [-0.1, -0.05) is 17.7 Å². The van der Waals surface area contributed by atoms with Gasteiger partial charge in [0.2, 0.25) is 5.83 Å². The molecule has 0 radical (unpaired) electrons. The lowest BCUT2D eigenvalue weighted by atomic mass is 10.1. The lowest BCUT2D eigenvalue weighted by Crippen LogP contribution is -2.10. The predicted molar refractivity (Wildman–Crippen MR) is 74.1 cm³/mol. The van der Waals surface area contributed by atoms with Crippen LogP contribution in [-0.4, -0.2) is 5.97 Å². The Morgan fingerprint density at radius 3 is 2.45 bits per heavy atom. The second kappa shape index (κ2) is 5.74. The van der Waals surface area contributed by atoms with Gasteiger partial charge in [0.05, 0.1) is 6.26 Å². The normalized spacial score (nSPS) is 11.5. The van der Waals surface area contributed by atoms with Crippen molar-refractivity contribution in [1.82, 2.24) is 0 Å². The number of hydrogen-bond donors (Lipinski definition) is 0. The van der Waals surface area contributed by atoms with E-state index in [-0.39, 0.29) is 5.76 Å². The van der Waals surface area contributed by atoms with Gasteiger partial charge in [-0.05, 0) is 44.0 Å². The fourth-order valence-electron chi connectivity index (χ4n) is 2.03. The molecule has 0 aliphatic carbocycles. The monoisotopic (exact) mass is 274 g/mol. The standard InChI is InChI=1S/C16H15FO3/c1-10-7-11(2)15(12(3)8-10)20-16(18)14(17)9-13-5-4-6-19-13/h4-9H,1-3H3/b14-9-. The summed E-state index contributed by atoms with van der Waals surface area (Å²) in [4.78, 5) is 11.7. The molecule has 1 aromatic carbocycles. The zero-order chi connectivity index (χ0) is 14.7. The van der Waals surface area contributed by atoms with E-state index in [0.29, 0.717) is 5.75 Å². The molecule has 0 fully saturated rings. The Balaban J connectivity index is 2.20. The topological polar surface area (TPSA) is 39.4 Å². The molecule has 0 amide bonds. The lowest BCUT2D eigenvalue weighted by Gasteiger charge is -2.10. The molecule has 0 aliphatic heterocycles. The fraction of sp³-hybridized carbons (Fsp3) is 0.188. The smallest absolute Gasteiger partial charge is 0.372 e. The van der Waals surface area contributed by atoms with Gasteiger partial charge < -0.3 is 9.15 Å². The Morgan fingerprint density at radius 2 is 1.90 bits per heavy atom. The molecule has 0 spiro atoms. The van der Waals surface area contributed by atoms with Gasteiger partial charge in [0, 0.05) is 6.08 Å². The molecule has 0 saturated carbocycles. The van der Waals surface area contributed by atoms with Gasteiger partial charge in [0.25, 0.3) is 0 Å². The summed E-state index contributed by atoms with van der Waals surface area (Å²) in [5.41, 5.74) is 2.65. The summed E-state index contributed by atoms with van der Waals surface area (Å²) in [6, 6.07) is 6.92. The average Bonchev–Trinajstić information content (AvgIpc) is 2.86. The van der Waals surface area contributed by atoms with Gasteiger partial charge in [-0.15, -0.1) is 0 Å². The molecule has 1 heterocycles. The Morgan fingerprint density at radius 1 is 1.25 bits per heavy atom. The zero-order valence-corrected chi connectivity index (χ0v) is 11.6. The van der Waals surface area contributed by atoms with Crippen molar-refractivity contribution in [3.05, 3.63) is 58.8 Å². The third kappa shape index (κ3) is 3.15.